The zero-order chi connectivity index (χ0) is 13.9. The van der Waals surface area contributed by atoms with Gasteiger partial charge in [0.15, 0.2) is 0 Å². The van der Waals surface area contributed by atoms with Crippen molar-refractivity contribution in [1.82, 2.24) is 15.1 Å². The summed E-state index contributed by atoms with van der Waals surface area (Å²) in [5.41, 5.74) is -1.31. The maximum atomic E-state index is 12.0. The van der Waals surface area contributed by atoms with Crippen LogP contribution in [0.5, 0.6) is 0 Å². The van der Waals surface area contributed by atoms with Gasteiger partial charge in [0.25, 0.3) is 0 Å². The molecule has 1 atom stereocenters. The Labute approximate surface area is 109 Å². The summed E-state index contributed by atoms with van der Waals surface area (Å²) in [4.78, 5) is 0. The number of aryl methyl sites for hydroxylation is 2. The molecule has 0 aromatic carbocycles. The highest BCUT2D eigenvalue weighted by Crippen LogP contribution is 2.30. The Hall–Kier alpha value is -0.690. The van der Waals surface area contributed by atoms with Crippen LogP contribution in [0.15, 0.2) is 0 Å². The molecule has 1 N–H and O–H groups in total. The third-order valence-electron chi connectivity index (χ3n) is 2.87. The first kappa shape index (κ1) is 15.4. The second kappa shape index (κ2) is 5.97. The van der Waals surface area contributed by atoms with E-state index in [1.165, 1.54) is 0 Å². The Kier molecular flexibility index (Phi) is 5.10. The lowest BCUT2D eigenvalue weighted by atomic mass is 10.1. The average Bonchev–Trinajstić information content (AvgIpc) is 2.52. The minimum absolute atomic E-state index is 0.0101. The molecule has 3 nitrogen and oxygen atoms in total. The molecule has 1 heterocycles. The molecule has 0 aliphatic heterocycles. The third kappa shape index (κ3) is 3.91. The Morgan fingerprint density at radius 2 is 2.00 bits per heavy atom. The zero-order valence-electron chi connectivity index (χ0n) is 10.9. The number of nitrogens with zero attached hydrogens (tertiary/aromatic N) is 2. The van der Waals surface area contributed by atoms with E-state index < -0.39 is 5.51 Å². The van der Waals surface area contributed by atoms with Crippen LogP contribution in [-0.2, 0) is 6.54 Å². The number of halogens is 3. The SMILES string of the molecule is CNC(C)c1c(C)nn(CCSC(F)(F)F)c1C. The molecule has 0 bridgehead atoms. The molecule has 1 aromatic rings. The van der Waals surface area contributed by atoms with Gasteiger partial charge in [-0.3, -0.25) is 4.68 Å². The molecular weight excluding hydrogens is 263 g/mol. The van der Waals surface area contributed by atoms with E-state index in [9.17, 15) is 13.2 Å². The molecule has 0 aliphatic carbocycles. The van der Waals surface area contributed by atoms with Crippen molar-refractivity contribution in [2.45, 2.75) is 38.9 Å². The standard InChI is InChI=1S/C11H18F3N3S/c1-7(15-4)10-8(2)16-17(9(10)3)5-6-18-11(12,13)14/h7,15H,5-6H2,1-4H3. The van der Waals surface area contributed by atoms with Gasteiger partial charge >= 0.3 is 5.51 Å². The normalized spacial score (nSPS) is 13.9. The van der Waals surface area contributed by atoms with Crippen LogP contribution in [0.25, 0.3) is 0 Å². The van der Waals surface area contributed by atoms with Crippen LogP contribution in [0.1, 0.15) is 29.9 Å². The Morgan fingerprint density at radius 1 is 1.39 bits per heavy atom. The van der Waals surface area contributed by atoms with Crippen molar-refractivity contribution in [2.24, 2.45) is 0 Å². The van der Waals surface area contributed by atoms with Crippen LogP contribution < -0.4 is 5.32 Å². The van der Waals surface area contributed by atoms with Crippen LogP contribution in [0.2, 0.25) is 0 Å². The number of nitrogens with one attached hydrogen (secondary N) is 1. The van der Waals surface area contributed by atoms with Crippen molar-refractivity contribution >= 4 is 11.8 Å². The highest BCUT2D eigenvalue weighted by Gasteiger charge is 2.27. The first-order valence-corrected chi connectivity index (χ1v) is 6.66. The monoisotopic (exact) mass is 281 g/mol. The molecule has 0 radical (unpaired) electrons. The van der Waals surface area contributed by atoms with Crippen LogP contribution in [0.3, 0.4) is 0 Å². The largest absolute Gasteiger partial charge is 0.441 e. The van der Waals surface area contributed by atoms with E-state index in [0.29, 0.717) is 0 Å². The van der Waals surface area contributed by atoms with Crippen molar-refractivity contribution in [1.29, 1.82) is 0 Å². The molecule has 18 heavy (non-hydrogen) atoms. The first-order chi connectivity index (χ1) is 8.26. The smallest absolute Gasteiger partial charge is 0.313 e. The van der Waals surface area contributed by atoms with E-state index in [1.807, 2.05) is 27.8 Å². The molecule has 0 fully saturated rings. The minimum Gasteiger partial charge on any atom is -0.313 e. The van der Waals surface area contributed by atoms with Gasteiger partial charge < -0.3 is 5.32 Å². The van der Waals surface area contributed by atoms with Gasteiger partial charge in [-0.15, -0.1) is 0 Å². The molecule has 0 amide bonds. The van der Waals surface area contributed by atoms with Gasteiger partial charge in [-0.05, 0) is 39.6 Å². The molecule has 0 saturated heterocycles. The number of alkyl halides is 3. The van der Waals surface area contributed by atoms with Crippen LogP contribution in [0, 0.1) is 13.8 Å². The van der Waals surface area contributed by atoms with E-state index in [1.54, 1.807) is 4.68 Å². The summed E-state index contributed by atoms with van der Waals surface area (Å²) in [5, 5.41) is 7.41. The predicted molar refractivity (Wildman–Crippen MR) is 67.7 cm³/mol. The molecular formula is C11H18F3N3S. The molecule has 1 unspecified atom stereocenters. The molecule has 0 spiro atoms. The van der Waals surface area contributed by atoms with Gasteiger partial charge in [0.1, 0.15) is 0 Å². The maximum Gasteiger partial charge on any atom is 0.441 e. The summed E-state index contributed by atoms with van der Waals surface area (Å²) in [5.74, 6) is -0.0150. The summed E-state index contributed by atoms with van der Waals surface area (Å²) < 4.78 is 37.8. The summed E-state index contributed by atoms with van der Waals surface area (Å²) >= 11 is -0.0101. The number of thioether (sulfide) groups is 1. The van der Waals surface area contributed by atoms with Gasteiger partial charge in [-0.1, -0.05) is 0 Å². The van der Waals surface area contributed by atoms with Gasteiger partial charge in [0.2, 0.25) is 0 Å². The van der Waals surface area contributed by atoms with E-state index in [4.69, 9.17) is 0 Å². The molecule has 1 aromatic heterocycles. The van der Waals surface area contributed by atoms with Gasteiger partial charge in [-0.25, -0.2) is 0 Å². The summed E-state index contributed by atoms with van der Waals surface area (Å²) in [6.07, 6.45) is 0. The predicted octanol–water partition coefficient (Wildman–Crippen LogP) is 3.03. The van der Waals surface area contributed by atoms with Crippen LogP contribution in [-0.4, -0.2) is 28.1 Å². The molecule has 7 heteroatoms. The van der Waals surface area contributed by atoms with Crippen molar-refractivity contribution in [3.8, 4) is 0 Å². The van der Waals surface area contributed by atoms with E-state index in [-0.39, 0.29) is 30.1 Å². The second-order valence-corrected chi connectivity index (χ2v) is 5.27. The maximum absolute atomic E-state index is 12.0. The van der Waals surface area contributed by atoms with Crippen LogP contribution in [0.4, 0.5) is 13.2 Å². The highest BCUT2D eigenvalue weighted by molar-refractivity contribution is 8.00. The first-order valence-electron chi connectivity index (χ1n) is 5.68. The van der Waals surface area contributed by atoms with E-state index >= 15 is 0 Å². The van der Waals surface area contributed by atoms with Gasteiger partial charge in [0.05, 0.1) is 12.2 Å². The quantitative estimate of drug-likeness (QED) is 0.899. The lowest BCUT2D eigenvalue weighted by molar-refractivity contribution is -0.0328. The average molecular weight is 281 g/mol. The summed E-state index contributed by atoms with van der Waals surface area (Å²) in [6.45, 7) is 6.05. The molecule has 0 saturated carbocycles. The minimum atomic E-state index is -4.17. The Bertz CT molecular complexity index is 401. The summed E-state index contributed by atoms with van der Waals surface area (Å²) in [7, 11) is 1.85. The fourth-order valence-electron chi connectivity index (χ4n) is 1.95. The van der Waals surface area contributed by atoms with E-state index in [2.05, 4.69) is 10.4 Å². The number of hydrogen-bond acceptors (Lipinski definition) is 3. The Morgan fingerprint density at radius 3 is 2.50 bits per heavy atom. The number of aromatic nitrogens is 2. The fourth-order valence-corrected chi connectivity index (χ4v) is 2.44. The van der Waals surface area contributed by atoms with Crippen molar-refractivity contribution in [2.75, 3.05) is 12.8 Å². The lowest BCUT2D eigenvalue weighted by Gasteiger charge is -2.11. The number of hydrogen-bond donors (Lipinski definition) is 1. The topological polar surface area (TPSA) is 29.9 Å². The van der Waals surface area contributed by atoms with Crippen molar-refractivity contribution in [3.63, 3.8) is 0 Å². The van der Waals surface area contributed by atoms with Gasteiger partial charge in [0, 0.05) is 23.1 Å². The lowest BCUT2D eigenvalue weighted by Crippen LogP contribution is -2.14. The highest BCUT2D eigenvalue weighted by atomic mass is 32.2. The van der Waals surface area contributed by atoms with E-state index in [0.717, 1.165) is 17.0 Å². The zero-order valence-corrected chi connectivity index (χ0v) is 11.7. The van der Waals surface area contributed by atoms with Crippen molar-refractivity contribution in [3.05, 3.63) is 17.0 Å². The Balaban J connectivity index is 2.74. The third-order valence-corrected chi connectivity index (χ3v) is 3.59. The number of rotatable bonds is 5. The van der Waals surface area contributed by atoms with Crippen LogP contribution >= 0.6 is 11.8 Å². The molecule has 104 valence electrons. The molecule has 1 rings (SSSR count). The van der Waals surface area contributed by atoms with Crippen molar-refractivity contribution < 1.29 is 13.2 Å². The van der Waals surface area contributed by atoms with Gasteiger partial charge in [-0.2, -0.15) is 18.3 Å². The molecule has 0 aliphatic rings. The summed E-state index contributed by atoms with van der Waals surface area (Å²) in [6, 6.07) is 0.147. The second-order valence-electron chi connectivity index (χ2n) is 4.11. The fraction of sp³-hybridized carbons (Fsp3) is 0.727.